The molecule has 1 fully saturated rings. The summed E-state index contributed by atoms with van der Waals surface area (Å²) in [4.78, 5) is 15.2. The number of imidazole rings is 1. The van der Waals surface area contributed by atoms with Crippen molar-refractivity contribution in [3.05, 3.63) is 30.1 Å². The molecule has 100 valence electrons. The second-order valence-corrected chi connectivity index (χ2v) is 5.39. The average Bonchev–Trinajstić information content (AvgIpc) is 3.05. The number of rotatable bonds is 4. The van der Waals surface area contributed by atoms with E-state index in [9.17, 15) is 4.79 Å². The van der Waals surface area contributed by atoms with Gasteiger partial charge in [0.15, 0.2) is 0 Å². The van der Waals surface area contributed by atoms with Crippen LogP contribution in [0.15, 0.2) is 24.5 Å². The summed E-state index contributed by atoms with van der Waals surface area (Å²) >= 11 is 0. The summed E-state index contributed by atoms with van der Waals surface area (Å²) in [7, 11) is 0. The third-order valence-corrected chi connectivity index (χ3v) is 4.12. The van der Waals surface area contributed by atoms with E-state index < -0.39 is 5.97 Å². The number of carboxylic acids is 1. The number of aromatic nitrogens is 2. The van der Waals surface area contributed by atoms with Gasteiger partial charge in [-0.05, 0) is 30.5 Å². The van der Waals surface area contributed by atoms with Crippen LogP contribution in [0, 0.1) is 5.92 Å². The molecule has 1 aromatic carbocycles. The highest BCUT2D eigenvalue weighted by atomic mass is 16.4. The molecule has 0 bridgehead atoms. The number of hydrogen-bond acceptors (Lipinski definition) is 2. The predicted molar refractivity (Wildman–Crippen MR) is 73.3 cm³/mol. The monoisotopic (exact) mass is 258 g/mol. The second-order valence-electron chi connectivity index (χ2n) is 5.39. The molecule has 0 aliphatic heterocycles. The van der Waals surface area contributed by atoms with E-state index in [0.29, 0.717) is 5.56 Å². The summed E-state index contributed by atoms with van der Waals surface area (Å²) in [6, 6.07) is 5.16. The molecular formula is C15H18N2O2. The number of aromatic carboxylic acids is 1. The van der Waals surface area contributed by atoms with Crippen molar-refractivity contribution in [1.82, 2.24) is 9.55 Å². The van der Waals surface area contributed by atoms with Crippen molar-refractivity contribution in [3.8, 4) is 0 Å². The Hall–Kier alpha value is -1.84. The highest BCUT2D eigenvalue weighted by Crippen LogP contribution is 2.28. The third-order valence-electron chi connectivity index (χ3n) is 4.12. The van der Waals surface area contributed by atoms with Gasteiger partial charge in [0, 0.05) is 6.54 Å². The number of carbonyl (C=O) groups is 1. The molecule has 0 unspecified atom stereocenters. The molecule has 0 saturated heterocycles. The zero-order valence-corrected chi connectivity index (χ0v) is 10.9. The van der Waals surface area contributed by atoms with Crippen LogP contribution in [-0.4, -0.2) is 20.6 Å². The molecule has 1 saturated carbocycles. The quantitative estimate of drug-likeness (QED) is 0.915. The smallest absolute Gasteiger partial charge is 0.335 e. The van der Waals surface area contributed by atoms with Crippen LogP contribution in [0.3, 0.4) is 0 Å². The maximum atomic E-state index is 10.9. The van der Waals surface area contributed by atoms with Crippen LogP contribution >= 0.6 is 0 Å². The van der Waals surface area contributed by atoms with Crippen LogP contribution in [0.5, 0.6) is 0 Å². The number of hydrogen-bond donors (Lipinski definition) is 1. The van der Waals surface area contributed by atoms with E-state index in [0.717, 1.165) is 23.5 Å². The van der Waals surface area contributed by atoms with E-state index in [1.54, 1.807) is 12.1 Å². The molecule has 0 radical (unpaired) electrons. The van der Waals surface area contributed by atoms with Gasteiger partial charge in [0.05, 0.1) is 22.9 Å². The molecule has 4 heteroatoms. The predicted octanol–water partition coefficient (Wildman–Crippen LogP) is 3.31. The third kappa shape index (κ3) is 2.48. The van der Waals surface area contributed by atoms with Crippen LogP contribution in [0.4, 0.5) is 0 Å². The molecule has 0 amide bonds. The van der Waals surface area contributed by atoms with Crippen LogP contribution in [0.2, 0.25) is 0 Å². The van der Waals surface area contributed by atoms with Gasteiger partial charge in [-0.3, -0.25) is 0 Å². The summed E-state index contributed by atoms with van der Waals surface area (Å²) in [5, 5.41) is 8.96. The van der Waals surface area contributed by atoms with E-state index in [-0.39, 0.29) is 0 Å². The Balaban J connectivity index is 1.78. The lowest BCUT2D eigenvalue weighted by Crippen LogP contribution is -2.02. The van der Waals surface area contributed by atoms with Crippen molar-refractivity contribution >= 4 is 17.0 Å². The Bertz CT molecular complexity index is 597. The van der Waals surface area contributed by atoms with Gasteiger partial charge in [-0.15, -0.1) is 0 Å². The van der Waals surface area contributed by atoms with E-state index in [2.05, 4.69) is 9.55 Å². The molecule has 1 N–H and O–H groups in total. The molecule has 0 atom stereocenters. The second kappa shape index (κ2) is 5.03. The van der Waals surface area contributed by atoms with E-state index >= 15 is 0 Å². The van der Waals surface area contributed by atoms with E-state index in [1.807, 2.05) is 12.4 Å². The van der Waals surface area contributed by atoms with E-state index in [4.69, 9.17) is 5.11 Å². The summed E-state index contributed by atoms with van der Waals surface area (Å²) in [5.74, 6) is -0.0434. The maximum Gasteiger partial charge on any atom is 0.335 e. The highest BCUT2D eigenvalue weighted by molar-refractivity contribution is 5.92. The van der Waals surface area contributed by atoms with Gasteiger partial charge in [-0.1, -0.05) is 25.7 Å². The van der Waals surface area contributed by atoms with Gasteiger partial charge in [-0.2, -0.15) is 0 Å². The molecule has 1 aliphatic carbocycles. The summed E-state index contributed by atoms with van der Waals surface area (Å²) in [6.45, 7) is 0.980. The number of aryl methyl sites for hydroxylation is 1. The standard InChI is InChI=1S/C15H18N2O2/c18-15(19)12-5-6-14-13(9-12)16-10-17(14)8-7-11-3-1-2-4-11/h5-6,9-11H,1-4,7-8H2,(H,18,19). The summed E-state index contributed by atoms with van der Waals surface area (Å²) in [6.07, 6.45) is 8.48. The summed E-state index contributed by atoms with van der Waals surface area (Å²) in [5.41, 5.74) is 2.10. The van der Waals surface area contributed by atoms with Crippen molar-refractivity contribution in [3.63, 3.8) is 0 Å². The summed E-state index contributed by atoms with van der Waals surface area (Å²) < 4.78 is 2.14. The first-order valence-electron chi connectivity index (χ1n) is 6.92. The molecule has 1 aromatic heterocycles. The number of carboxylic acid groups (broad SMARTS) is 1. The first-order chi connectivity index (χ1) is 9.24. The Kier molecular flexibility index (Phi) is 3.23. The fraction of sp³-hybridized carbons (Fsp3) is 0.467. The van der Waals surface area contributed by atoms with Crippen LogP contribution < -0.4 is 0 Å². The number of fused-ring (bicyclic) bond motifs is 1. The normalized spacial score (nSPS) is 16.2. The fourth-order valence-electron chi connectivity index (χ4n) is 3.00. The Morgan fingerprint density at radius 1 is 1.37 bits per heavy atom. The molecule has 2 aromatic rings. The largest absolute Gasteiger partial charge is 0.478 e. The van der Waals surface area contributed by atoms with Crippen LogP contribution in [0.25, 0.3) is 11.0 Å². The molecule has 4 nitrogen and oxygen atoms in total. The molecular weight excluding hydrogens is 240 g/mol. The zero-order chi connectivity index (χ0) is 13.2. The molecule has 0 spiro atoms. The highest BCUT2D eigenvalue weighted by Gasteiger charge is 2.15. The maximum absolute atomic E-state index is 10.9. The lowest BCUT2D eigenvalue weighted by Gasteiger charge is -2.09. The van der Waals surface area contributed by atoms with Crippen molar-refractivity contribution < 1.29 is 9.90 Å². The van der Waals surface area contributed by atoms with Gasteiger partial charge in [0.2, 0.25) is 0 Å². The van der Waals surface area contributed by atoms with Gasteiger partial charge in [-0.25, -0.2) is 9.78 Å². The van der Waals surface area contributed by atoms with Crippen molar-refractivity contribution in [2.45, 2.75) is 38.6 Å². The van der Waals surface area contributed by atoms with Gasteiger partial charge < -0.3 is 9.67 Å². The molecule has 1 heterocycles. The first kappa shape index (κ1) is 12.2. The van der Waals surface area contributed by atoms with Crippen molar-refractivity contribution in [2.24, 2.45) is 5.92 Å². The average molecular weight is 258 g/mol. The molecule has 19 heavy (non-hydrogen) atoms. The Morgan fingerprint density at radius 2 is 2.16 bits per heavy atom. The Morgan fingerprint density at radius 3 is 2.89 bits per heavy atom. The number of benzene rings is 1. The van der Waals surface area contributed by atoms with E-state index in [1.165, 1.54) is 32.1 Å². The SMILES string of the molecule is O=C(O)c1ccc2c(c1)ncn2CCC1CCCC1. The van der Waals surface area contributed by atoms with Crippen LogP contribution in [0.1, 0.15) is 42.5 Å². The fourth-order valence-corrected chi connectivity index (χ4v) is 3.00. The van der Waals surface area contributed by atoms with Crippen molar-refractivity contribution in [1.29, 1.82) is 0 Å². The minimum Gasteiger partial charge on any atom is -0.478 e. The number of nitrogens with zero attached hydrogens (tertiary/aromatic N) is 2. The minimum atomic E-state index is -0.901. The van der Waals surface area contributed by atoms with Gasteiger partial charge in [0.1, 0.15) is 0 Å². The topological polar surface area (TPSA) is 55.1 Å². The molecule has 1 aliphatic rings. The van der Waals surface area contributed by atoms with Gasteiger partial charge in [0.25, 0.3) is 0 Å². The lowest BCUT2D eigenvalue weighted by molar-refractivity contribution is 0.0697. The molecule has 3 rings (SSSR count). The minimum absolute atomic E-state index is 0.300. The van der Waals surface area contributed by atoms with Gasteiger partial charge >= 0.3 is 5.97 Å². The van der Waals surface area contributed by atoms with Crippen molar-refractivity contribution in [2.75, 3.05) is 0 Å². The Labute approximate surface area is 112 Å². The zero-order valence-electron chi connectivity index (χ0n) is 10.9. The van der Waals surface area contributed by atoms with Crippen LogP contribution in [-0.2, 0) is 6.54 Å². The lowest BCUT2D eigenvalue weighted by atomic mass is 10.0. The first-order valence-corrected chi connectivity index (χ1v) is 6.92.